The van der Waals surface area contributed by atoms with Gasteiger partial charge in [-0.25, -0.2) is 0 Å². The summed E-state index contributed by atoms with van der Waals surface area (Å²) in [6, 6.07) is 14.0. The molecule has 3 rings (SSSR count). The summed E-state index contributed by atoms with van der Waals surface area (Å²) in [7, 11) is 0. The molecule has 3 aromatic rings. The van der Waals surface area contributed by atoms with Crippen molar-refractivity contribution in [1.29, 1.82) is 0 Å². The Hall–Kier alpha value is -1.85. The molecule has 0 aliphatic carbocycles. The molecule has 0 amide bonds. The molecule has 0 spiro atoms. The van der Waals surface area contributed by atoms with Gasteiger partial charge in [-0.3, -0.25) is 4.68 Å². The SMILES string of the molecule is Cc1cc(C)n(CC(O)COc2ccc3cc(Br)ccc3c2)n1. The summed E-state index contributed by atoms with van der Waals surface area (Å²) < 4.78 is 8.58. The van der Waals surface area contributed by atoms with Gasteiger partial charge in [0, 0.05) is 10.2 Å². The predicted octanol–water partition coefficient (Wildman–Crippen LogP) is 3.86. The maximum absolute atomic E-state index is 10.2. The van der Waals surface area contributed by atoms with Crippen LogP contribution in [0, 0.1) is 13.8 Å². The lowest BCUT2D eigenvalue weighted by molar-refractivity contribution is 0.0888. The van der Waals surface area contributed by atoms with Gasteiger partial charge in [-0.15, -0.1) is 0 Å². The summed E-state index contributed by atoms with van der Waals surface area (Å²) >= 11 is 3.47. The maximum Gasteiger partial charge on any atom is 0.120 e. The monoisotopic (exact) mass is 374 g/mol. The zero-order valence-corrected chi connectivity index (χ0v) is 14.7. The van der Waals surface area contributed by atoms with Crippen LogP contribution in [0.5, 0.6) is 5.75 Å². The van der Waals surface area contributed by atoms with Crippen molar-refractivity contribution >= 4 is 26.7 Å². The second-order valence-corrected chi connectivity index (χ2v) is 6.64. The Morgan fingerprint density at radius 2 is 1.87 bits per heavy atom. The Morgan fingerprint density at radius 1 is 1.13 bits per heavy atom. The van der Waals surface area contributed by atoms with Gasteiger partial charge in [0.05, 0.1) is 12.2 Å². The molecule has 0 aliphatic heterocycles. The summed E-state index contributed by atoms with van der Waals surface area (Å²) in [6.07, 6.45) is -0.603. The molecular formula is C18H19BrN2O2. The number of nitrogens with zero attached hydrogens (tertiary/aromatic N) is 2. The van der Waals surface area contributed by atoms with Gasteiger partial charge in [-0.05, 0) is 55.0 Å². The fourth-order valence-corrected chi connectivity index (χ4v) is 2.97. The van der Waals surface area contributed by atoms with Gasteiger partial charge in [0.2, 0.25) is 0 Å². The van der Waals surface area contributed by atoms with Crippen molar-refractivity contribution in [3.05, 3.63) is 58.3 Å². The molecule has 2 aromatic carbocycles. The highest BCUT2D eigenvalue weighted by Crippen LogP contribution is 2.24. The smallest absolute Gasteiger partial charge is 0.120 e. The standard InChI is InChI=1S/C18H19BrN2O2/c1-12-7-13(2)21(20-12)10-17(22)11-23-18-6-4-14-8-16(19)5-3-15(14)9-18/h3-9,17,22H,10-11H2,1-2H3. The molecule has 0 radical (unpaired) electrons. The molecule has 1 unspecified atom stereocenters. The lowest BCUT2D eigenvalue weighted by Gasteiger charge is -2.14. The van der Waals surface area contributed by atoms with Crippen LogP contribution < -0.4 is 4.74 Å². The van der Waals surface area contributed by atoms with Crippen LogP contribution >= 0.6 is 15.9 Å². The molecule has 0 fully saturated rings. The van der Waals surface area contributed by atoms with E-state index in [4.69, 9.17) is 4.74 Å². The number of aliphatic hydroxyl groups excluding tert-OH is 1. The molecular weight excluding hydrogens is 356 g/mol. The number of hydrogen-bond donors (Lipinski definition) is 1. The Morgan fingerprint density at radius 3 is 2.61 bits per heavy atom. The fourth-order valence-electron chi connectivity index (χ4n) is 2.59. The topological polar surface area (TPSA) is 47.3 Å². The first kappa shape index (κ1) is 16.0. The molecule has 1 heterocycles. The molecule has 1 atom stereocenters. The highest BCUT2D eigenvalue weighted by molar-refractivity contribution is 9.10. The molecule has 0 aliphatic rings. The number of hydrogen-bond acceptors (Lipinski definition) is 3. The number of aliphatic hydroxyl groups is 1. The van der Waals surface area contributed by atoms with Gasteiger partial charge in [0.25, 0.3) is 0 Å². The van der Waals surface area contributed by atoms with Crippen LogP contribution in [-0.4, -0.2) is 27.6 Å². The Balaban J connectivity index is 1.63. The number of rotatable bonds is 5. The van der Waals surface area contributed by atoms with Crippen molar-refractivity contribution in [2.24, 2.45) is 0 Å². The van der Waals surface area contributed by atoms with E-state index in [1.807, 2.05) is 50.2 Å². The molecule has 0 bridgehead atoms. The molecule has 0 saturated carbocycles. The first-order valence-electron chi connectivity index (χ1n) is 7.52. The first-order chi connectivity index (χ1) is 11.0. The van der Waals surface area contributed by atoms with Crippen molar-refractivity contribution < 1.29 is 9.84 Å². The largest absolute Gasteiger partial charge is 0.491 e. The average Bonchev–Trinajstić information content (AvgIpc) is 2.82. The molecule has 4 nitrogen and oxygen atoms in total. The van der Waals surface area contributed by atoms with Crippen LogP contribution in [0.25, 0.3) is 10.8 Å². The molecule has 23 heavy (non-hydrogen) atoms. The molecule has 0 saturated heterocycles. The van der Waals surface area contributed by atoms with Gasteiger partial charge in [0.1, 0.15) is 18.5 Å². The van der Waals surface area contributed by atoms with Gasteiger partial charge >= 0.3 is 0 Å². The number of halogens is 1. The van der Waals surface area contributed by atoms with E-state index >= 15 is 0 Å². The average molecular weight is 375 g/mol. The molecule has 120 valence electrons. The summed E-state index contributed by atoms with van der Waals surface area (Å²) in [5.41, 5.74) is 1.99. The zero-order valence-electron chi connectivity index (χ0n) is 13.2. The highest BCUT2D eigenvalue weighted by Gasteiger charge is 2.10. The van der Waals surface area contributed by atoms with Crippen LogP contribution in [0.15, 0.2) is 46.9 Å². The van der Waals surface area contributed by atoms with E-state index in [0.717, 1.165) is 32.4 Å². The summed E-state index contributed by atoms with van der Waals surface area (Å²) in [5.74, 6) is 0.757. The minimum Gasteiger partial charge on any atom is -0.491 e. The summed E-state index contributed by atoms with van der Waals surface area (Å²) in [5, 5.41) is 16.8. The number of aromatic nitrogens is 2. The van der Waals surface area contributed by atoms with Crippen LogP contribution in [-0.2, 0) is 6.54 Å². The highest BCUT2D eigenvalue weighted by atomic mass is 79.9. The second-order valence-electron chi connectivity index (χ2n) is 5.73. The van der Waals surface area contributed by atoms with Crippen molar-refractivity contribution in [3.63, 3.8) is 0 Å². The molecule has 5 heteroatoms. The van der Waals surface area contributed by atoms with Crippen LogP contribution in [0.4, 0.5) is 0 Å². The van der Waals surface area contributed by atoms with Gasteiger partial charge in [-0.2, -0.15) is 5.10 Å². The van der Waals surface area contributed by atoms with E-state index in [1.54, 1.807) is 4.68 Å². The Bertz CT molecular complexity index is 829. The van der Waals surface area contributed by atoms with Gasteiger partial charge in [0.15, 0.2) is 0 Å². The van der Waals surface area contributed by atoms with Crippen LogP contribution in [0.3, 0.4) is 0 Å². The minimum atomic E-state index is -0.603. The Labute approximate surface area is 143 Å². The van der Waals surface area contributed by atoms with E-state index in [9.17, 15) is 5.11 Å². The van der Waals surface area contributed by atoms with E-state index in [1.165, 1.54) is 0 Å². The number of fused-ring (bicyclic) bond motifs is 1. The molecule has 1 N–H and O–H groups in total. The van der Waals surface area contributed by atoms with Gasteiger partial charge in [-0.1, -0.05) is 28.1 Å². The quantitative estimate of drug-likeness (QED) is 0.737. The fraction of sp³-hybridized carbons (Fsp3) is 0.278. The third-order valence-corrected chi connectivity index (χ3v) is 4.20. The Kier molecular flexibility index (Phi) is 4.68. The first-order valence-corrected chi connectivity index (χ1v) is 8.32. The summed E-state index contributed by atoms with van der Waals surface area (Å²) in [6.45, 7) is 4.59. The van der Waals surface area contributed by atoms with Crippen LogP contribution in [0.1, 0.15) is 11.4 Å². The zero-order chi connectivity index (χ0) is 16.4. The van der Waals surface area contributed by atoms with Crippen molar-refractivity contribution in [2.45, 2.75) is 26.5 Å². The van der Waals surface area contributed by atoms with E-state index in [0.29, 0.717) is 6.54 Å². The summed E-state index contributed by atoms with van der Waals surface area (Å²) in [4.78, 5) is 0. The third-order valence-electron chi connectivity index (χ3n) is 3.70. The van der Waals surface area contributed by atoms with E-state index in [2.05, 4.69) is 27.1 Å². The number of benzene rings is 2. The van der Waals surface area contributed by atoms with Crippen molar-refractivity contribution in [1.82, 2.24) is 9.78 Å². The maximum atomic E-state index is 10.2. The minimum absolute atomic E-state index is 0.236. The third kappa shape index (κ3) is 3.92. The van der Waals surface area contributed by atoms with Crippen molar-refractivity contribution in [3.8, 4) is 5.75 Å². The van der Waals surface area contributed by atoms with Gasteiger partial charge < -0.3 is 9.84 Å². The predicted molar refractivity (Wildman–Crippen MR) is 94.9 cm³/mol. The lowest BCUT2D eigenvalue weighted by atomic mass is 10.1. The number of aryl methyl sites for hydroxylation is 2. The van der Waals surface area contributed by atoms with Crippen LogP contribution in [0.2, 0.25) is 0 Å². The lowest BCUT2D eigenvalue weighted by Crippen LogP contribution is -2.24. The number of ether oxygens (including phenoxy) is 1. The normalized spacial score (nSPS) is 12.5. The molecule has 1 aromatic heterocycles. The second kappa shape index (κ2) is 6.72. The van der Waals surface area contributed by atoms with E-state index in [-0.39, 0.29) is 6.61 Å². The van der Waals surface area contributed by atoms with Crippen molar-refractivity contribution in [2.75, 3.05) is 6.61 Å². The van der Waals surface area contributed by atoms with E-state index < -0.39 is 6.10 Å².